The lowest BCUT2D eigenvalue weighted by Gasteiger charge is -2.14. The van der Waals surface area contributed by atoms with Crippen molar-refractivity contribution in [3.05, 3.63) is 90.2 Å². The highest BCUT2D eigenvalue weighted by Gasteiger charge is 2.13. The molecule has 0 heterocycles. The normalized spacial score (nSPS) is 12.1. The van der Waals surface area contributed by atoms with Crippen LogP contribution in [0.15, 0.2) is 78.9 Å². The van der Waals surface area contributed by atoms with Crippen molar-refractivity contribution in [1.29, 1.82) is 0 Å². The van der Waals surface area contributed by atoms with Crippen molar-refractivity contribution in [2.24, 2.45) is 0 Å². The zero-order chi connectivity index (χ0) is 16.1. The van der Waals surface area contributed by atoms with Crippen molar-refractivity contribution in [2.45, 2.75) is 6.04 Å². The summed E-state index contributed by atoms with van der Waals surface area (Å²) < 4.78 is 13.0. The number of halogens is 2. The monoisotopic (exact) mass is 340 g/mol. The van der Waals surface area contributed by atoms with Gasteiger partial charge in [0.25, 0.3) is 0 Å². The number of alkyl halides is 1. The molecule has 0 aromatic heterocycles. The molecule has 0 N–H and O–H groups in total. The molecule has 0 radical (unpaired) electrons. The topological polar surface area (TPSA) is 0 Å². The maximum absolute atomic E-state index is 13.0. The van der Waals surface area contributed by atoms with Crippen LogP contribution in [0.1, 0.15) is 5.56 Å². The first-order chi connectivity index (χ1) is 11.3. The second kappa shape index (κ2) is 7.58. The van der Waals surface area contributed by atoms with E-state index < -0.39 is 8.80 Å². The predicted molar refractivity (Wildman–Crippen MR) is 99.5 cm³/mol. The lowest BCUT2D eigenvalue weighted by molar-refractivity contribution is 0.627. The predicted octanol–water partition coefficient (Wildman–Crippen LogP) is 4.49. The van der Waals surface area contributed by atoms with Crippen LogP contribution in [0.25, 0.3) is 11.1 Å². The highest BCUT2D eigenvalue weighted by Crippen LogP contribution is 2.17. The summed E-state index contributed by atoms with van der Waals surface area (Å²) in [6.07, 6.45) is 0. The molecule has 0 fully saturated rings. The van der Waals surface area contributed by atoms with Crippen LogP contribution < -0.4 is 5.19 Å². The minimum atomic E-state index is -1.29. The summed E-state index contributed by atoms with van der Waals surface area (Å²) in [6, 6.07) is 26.8. The van der Waals surface area contributed by atoms with Crippen LogP contribution in [0.4, 0.5) is 4.39 Å². The minimum absolute atomic E-state index is 0.190. The van der Waals surface area contributed by atoms with E-state index >= 15 is 0 Å². The summed E-state index contributed by atoms with van der Waals surface area (Å²) in [5.41, 5.74) is 4.29. The lowest BCUT2D eigenvalue weighted by Crippen LogP contribution is -2.35. The Balaban J connectivity index is 1.77. The van der Waals surface area contributed by atoms with Crippen molar-refractivity contribution < 1.29 is 4.39 Å². The molecule has 23 heavy (non-hydrogen) atoms. The summed E-state index contributed by atoms with van der Waals surface area (Å²) in [6.45, 7) is 0. The third-order valence-corrected chi connectivity index (χ3v) is 7.85. The fraction of sp³-hybridized carbons (Fsp3) is 0.100. The van der Waals surface area contributed by atoms with Gasteiger partial charge in [0, 0.05) is 5.50 Å². The number of hydrogen-bond acceptors (Lipinski definition) is 0. The van der Waals surface area contributed by atoms with E-state index in [-0.39, 0.29) is 5.82 Å². The third-order valence-electron chi connectivity index (χ3n) is 4.07. The van der Waals surface area contributed by atoms with Gasteiger partial charge in [-0.3, -0.25) is 0 Å². The van der Waals surface area contributed by atoms with Crippen LogP contribution in [0.3, 0.4) is 0 Å². The third kappa shape index (κ3) is 4.09. The van der Waals surface area contributed by atoms with Gasteiger partial charge in [0.2, 0.25) is 0 Å². The largest absolute Gasteiger partial charge is 0.207 e. The fourth-order valence-corrected chi connectivity index (χ4v) is 5.71. The number of rotatable bonds is 5. The zero-order valence-electron chi connectivity index (χ0n) is 12.8. The van der Waals surface area contributed by atoms with Crippen molar-refractivity contribution in [3.8, 4) is 11.1 Å². The molecule has 3 heteroatoms. The fourth-order valence-electron chi connectivity index (χ4n) is 2.74. The van der Waals surface area contributed by atoms with Gasteiger partial charge in [-0.2, -0.15) is 0 Å². The van der Waals surface area contributed by atoms with Gasteiger partial charge in [-0.15, -0.1) is 11.6 Å². The Labute approximate surface area is 143 Å². The molecule has 0 nitrogen and oxygen atoms in total. The molecule has 0 amide bonds. The van der Waals surface area contributed by atoms with Crippen LogP contribution in [-0.4, -0.2) is 14.3 Å². The highest BCUT2D eigenvalue weighted by molar-refractivity contribution is 6.78. The lowest BCUT2D eigenvalue weighted by atomic mass is 10.1. The molecule has 3 rings (SSSR count). The molecule has 0 bridgehead atoms. The summed E-state index contributed by atoms with van der Waals surface area (Å²) >= 11 is 6.23. The molecule has 3 aromatic carbocycles. The summed E-state index contributed by atoms with van der Waals surface area (Å²) in [7, 11) is -1.29. The van der Waals surface area contributed by atoms with E-state index in [4.69, 9.17) is 11.6 Å². The van der Waals surface area contributed by atoms with Crippen LogP contribution in [0, 0.1) is 5.82 Å². The summed E-state index contributed by atoms with van der Waals surface area (Å²) in [4.78, 5) is 0. The molecule has 0 aliphatic heterocycles. The SMILES string of the molecule is Fc1ccc(C[SiH](CCl)c2ccc(-c3ccccc3)cc2)cc1. The Hall–Kier alpha value is -1.90. The average Bonchev–Trinajstić information content (AvgIpc) is 2.62. The van der Waals surface area contributed by atoms with Gasteiger partial charge in [-0.1, -0.05) is 77.5 Å². The second-order valence-electron chi connectivity index (χ2n) is 5.67. The van der Waals surface area contributed by atoms with Gasteiger partial charge in [0.1, 0.15) is 5.82 Å². The first-order valence-electron chi connectivity index (χ1n) is 7.72. The molecular formula is C20H18ClFSi. The molecular weight excluding hydrogens is 323 g/mol. The van der Waals surface area contributed by atoms with Gasteiger partial charge in [-0.25, -0.2) is 4.39 Å². The van der Waals surface area contributed by atoms with E-state index in [1.165, 1.54) is 28.4 Å². The van der Waals surface area contributed by atoms with Gasteiger partial charge >= 0.3 is 0 Å². The van der Waals surface area contributed by atoms with E-state index in [0.29, 0.717) is 5.50 Å². The van der Waals surface area contributed by atoms with Crippen LogP contribution in [0.2, 0.25) is 0 Å². The zero-order valence-corrected chi connectivity index (χ0v) is 14.7. The Morgan fingerprint density at radius 1 is 0.739 bits per heavy atom. The number of benzene rings is 3. The Bertz CT molecular complexity index is 739. The minimum Gasteiger partial charge on any atom is -0.207 e. The molecule has 116 valence electrons. The maximum atomic E-state index is 13.0. The van der Waals surface area contributed by atoms with Crippen molar-refractivity contribution in [3.63, 3.8) is 0 Å². The molecule has 1 atom stereocenters. The molecule has 0 aliphatic rings. The van der Waals surface area contributed by atoms with Crippen molar-refractivity contribution >= 4 is 25.6 Å². The van der Waals surface area contributed by atoms with Crippen LogP contribution in [-0.2, 0) is 6.04 Å². The Morgan fingerprint density at radius 3 is 1.96 bits per heavy atom. The standard InChI is InChI=1S/C20H18ClFSi/c21-15-23(14-16-6-10-19(22)11-7-16)20-12-8-18(9-13-20)17-4-2-1-3-5-17/h1-13,23H,14-15H2. The Kier molecular flexibility index (Phi) is 5.26. The van der Waals surface area contributed by atoms with E-state index in [1.807, 2.05) is 30.3 Å². The smallest absolute Gasteiger partial charge is 0.123 e. The second-order valence-corrected chi connectivity index (χ2v) is 9.37. The first-order valence-corrected chi connectivity index (χ1v) is 10.5. The van der Waals surface area contributed by atoms with Crippen molar-refractivity contribution in [2.75, 3.05) is 5.50 Å². The molecule has 0 saturated carbocycles. The Morgan fingerprint density at radius 2 is 1.35 bits per heavy atom. The molecule has 0 aliphatic carbocycles. The maximum Gasteiger partial charge on any atom is 0.123 e. The summed E-state index contributed by atoms with van der Waals surface area (Å²) in [5.74, 6) is -0.190. The summed E-state index contributed by atoms with van der Waals surface area (Å²) in [5, 5.41) is 1.35. The van der Waals surface area contributed by atoms with E-state index in [0.717, 1.165) is 11.6 Å². The van der Waals surface area contributed by atoms with Crippen LogP contribution in [0.5, 0.6) is 0 Å². The molecule has 0 spiro atoms. The number of hydrogen-bond donors (Lipinski definition) is 0. The highest BCUT2D eigenvalue weighted by atomic mass is 35.5. The van der Waals surface area contributed by atoms with Gasteiger partial charge in [0.05, 0.1) is 8.80 Å². The van der Waals surface area contributed by atoms with Gasteiger partial charge < -0.3 is 0 Å². The molecule has 3 aromatic rings. The van der Waals surface area contributed by atoms with E-state index in [1.54, 1.807) is 0 Å². The quantitative estimate of drug-likeness (QED) is 0.474. The van der Waals surface area contributed by atoms with Crippen molar-refractivity contribution in [1.82, 2.24) is 0 Å². The molecule has 0 saturated heterocycles. The van der Waals surface area contributed by atoms with E-state index in [9.17, 15) is 4.39 Å². The van der Waals surface area contributed by atoms with Crippen LogP contribution >= 0.6 is 11.6 Å². The van der Waals surface area contributed by atoms with E-state index in [2.05, 4.69) is 36.4 Å². The van der Waals surface area contributed by atoms with Gasteiger partial charge in [0.15, 0.2) is 0 Å². The first kappa shape index (κ1) is 16.0. The molecule has 1 unspecified atom stereocenters. The average molecular weight is 341 g/mol. The van der Waals surface area contributed by atoms with Gasteiger partial charge in [-0.05, 0) is 29.3 Å².